The Balaban J connectivity index is 1.83. The van der Waals surface area contributed by atoms with Gasteiger partial charge in [-0.25, -0.2) is 4.79 Å². The van der Waals surface area contributed by atoms with Gasteiger partial charge in [-0.1, -0.05) is 17.3 Å². The Morgan fingerprint density at radius 3 is 2.70 bits per heavy atom. The molecule has 2 rings (SSSR count). The van der Waals surface area contributed by atoms with E-state index in [1.54, 1.807) is 17.0 Å². The van der Waals surface area contributed by atoms with E-state index in [1.807, 2.05) is 12.1 Å². The minimum Gasteiger partial charge on any atom is -0.448 e. The zero-order valence-corrected chi connectivity index (χ0v) is 10.9. The molecule has 7 heteroatoms. The number of benzene rings is 1. The third kappa shape index (κ3) is 3.78. The van der Waals surface area contributed by atoms with Crippen molar-refractivity contribution in [3.05, 3.63) is 34.7 Å². The topological polar surface area (TPSA) is 88.1 Å². The fraction of sp³-hybridized carbons (Fsp3) is 0.385. The Morgan fingerprint density at radius 1 is 1.35 bits per heavy atom. The maximum absolute atomic E-state index is 11.3. The molecule has 0 unspecified atom stereocenters. The fourth-order valence-corrected chi connectivity index (χ4v) is 1.91. The number of amides is 2. The van der Waals surface area contributed by atoms with Crippen LogP contribution in [0, 0.1) is 4.91 Å². The Labute approximate surface area is 115 Å². The molecule has 1 N–H and O–H groups in total. The van der Waals surface area contributed by atoms with Crippen LogP contribution in [0.3, 0.4) is 0 Å². The van der Waals surface area contributed by atoms with Crippen LogP contribution in [-0.4, -0.2) is 43.1 Å². The third-order valence-electron chi connectivity index (χ3n) is 2.96. The van der Waals surface area contributed by atoms with E-state index in [1.165, 1.54) is 0 Å². The second-order valence-electron chi connectivity index (χ2n) is 4.38. The van der Waals surface area contributed by atoms with Crippen molar-refractivity contribution in [3.8, 4) is 0 Å². The molecule has 2 amide bonds. The van der Waals surface area contributed by atoms with Crippen LogP contribution in [0.15, 0.2) is 29.4 Å². The monoisotopic (exact) mass is 277 g/mol. The highest BCUT2D eigenvalue weighted by Gasteiger charge is 2.20. The van der Waals surface area contributed by atoms with E-state index in [-0.39, 0.29) is 6.09 Å². The summed E-state index contributed by atoms with van der Waals surface area (Å²) in [5, 5.41) is 5.08. The van der Waals surface area contributed by atoms with E-state index < -0.39 is 12.5 Å². The van der Waals surface area contributed by atoms with Gasteiger partial charge in [0, 0.05) is 12.2 Å². The van der Waals surface area contributed by atoms with E-state index in [4.69, 9.17) is 4.74 Å². The number of hydrogen-bond acceptors (Lipinski definition) is 5. The first kappa shape index (κ1) is 14.0. The number of carbonyl (C=O) groups excluding carboxylic acids is 2. The van der Waals surface area contributed by atoms with Crippen molar-refractivity contribution in [3.63, 3.8) is 0 Å². The van der Waals surface area contributed by atoms with Gasteiger partial charge in [-0.15, -0.1) is 0 Å². The summed E-state index contributed by atoms with van der Waals surface area (Å²) in [5.74, 6) is -0.437. The number of anilines is 1. The van der Waals surface area contributed by atoms with E-state index in [2.05, 4.69) is 10.5 Å². The highest BCUT2D eigenvalue weighted by Crippen LogP contribution is 2.11. The first-order valence-electron chi connectivity index (χ1n) is 6.28. The van der Waals surface area contributed by atoms with Crippen LogP contribution >= 0.6 is 0 Å². The molecule has 0 spiro atoms. The Bertz CT molecular complexity index is 501. The molecule has 0 radical (unpaired) electrons. The summed E-state index contributed by atoms with van der Waals surface area (Å²) >= 11 is 0. The van der Waals surface area contributed by atoms with Crippen LogP contribution in [0.5, 0.6) is 0 Å². The Morgan fingerprint density at radius 2 is 2.10 bits per heavy atom. The molecule has 1 fully saturated rings. The zero-order valence-electron chi connectivity index (χ0n) is 10.9. The molecule has 0 atom stereocenters. The molecule has 20 heavy (non-hydrogen) atoms. The highest BCUT2D eigenvalue weighted by atomic mass is 16.6. The van der Waals surface area contributed by atoms with Crippen molar-refractivity contribution in [2.24, 2.45) is 5.18 Å². The SMILES string of the molecule is O=NCC(=O)Nc1ccc(CCN2CCOC2=O)cc1. The van der Waals surface area contributed by atoms with Crippen LogP contribution in [0.2, 0.25) is 0 Å². The molecule has 1 aromatic carbocycles. The van der Waals surface area contributed by atoms with Crippen molar-refractivity contribution >= 4 is 17.7 Å². The molecule has 0 aliphatic carbocycles. The summed E-state index contributed by atoms with van der Waals surface area (Å²) in [5.41, 5.74) is 1.67. The van der Waals surface area contributed by atoms with Crippen molar-refractivity contribution in [1.29, 1.82) is 0 Å². The number of nitrogens with zero attached hydrogens (tertiary/aromatic N) is 2. The number of nitroso groups, excluding NO2 is 1. The van der Waals surface area contributed by atoms with Crippen molar-refractivity contribution in [2.75, 3.05) is 31.6 Å². The molecule has 1 aromatic rings. The molecule has 1 aliphatic heterocycles. The lowest BCUT2D eigenvalue weighted by Gasteiger charge is -2.12. The molecular weight excluding hydrogens is 262 g/mol. The van der Waals surface area contributed by atoms with Crippen LogP contribution in [0.1, 0.15) is 5.56 Å². The quantitative estimate of drug-likeness (QED) is 0.796. The van der Waals surface area contributed by atoms with Gasteiger partial charge >= 0.3 is 6.09 Å². The normalized spacial score (nSPS) is 14.0. The van der Waals surface area contributed by atoms with Crippen molar-refractivity contribution in [2.45, 2.75) is 6.42 Å². The predicted molar refractivity (Wildman–Crippen MR) is 72.4 cm³/mol. The van der Waals surface area contributed by atoms with Gasteiger partial charge < -0.3 is 15.0 Å². The number of hydrogen-bond donors (Lipinski definition) is 1. The number of nitrogens with one attached hydrogen (secondary N) is 1. The minimum atomic E-state index is -0.437. The maximum atomic E-state index is 11.3. The van der Waals surface area contributed by atoms with Crippen molar-refractivity contribution in [1.82, 2.24) is 4.90 Å². The zero-order chi connectivity index (χ0) is 14.4. The summed E-state index contributed by atoms with van der Waals surface area (Å²) in [6.45, 7) is 1.30. The summed E-state index contributed by atoms with van der Waals surface area (Å²) in [6.07, 6.45) is 0.453. The lowest BCUT2D eigenvalue weighted by atomic mass is 10.1. The first-order valence-corrected chi connectivity index (χ1v) is 6.28. The number of rotatable bonds is 6. The average molecular weight is 277 g/mol. The van der Waals surface area contributed by atoms with Gasteiger partial charge in [-0.3, -0.25) is 4.79 Å². The lowest BCUT2D eigenvalue weighted by molar-refractivity contribution is -0.114. The molecule has 1 heterocycles. The second kappa shape index (κ2) is 6.65. The molecule has 106 valence electrons. The molecule has 0 saturated carbocycles. The lowest BCUT2D eigenvalue weighted by Crippen LogP contribution is -2.26. The minimum absolute atomic E-state index is 0.268. The van der Waals surface area contributed by atoms with Gasteiger partial charge in [-0.05, 0) is 24.1 Å². The molecule has 0 bridgehead atoms. The van der Waals surface area contributed by atoms with E-state index in [0.717, 1.165) is 12.0 Å². The number of ether oxygens (including phenoxy) is 1. The number of carbonyl (C=O) groups is 2. The van der Waals surface area contributed by atoms with E-state index >= 15 is 0 Å². The molecular formula is C13H15N3O4. The average Bonchev–Trinajstić information content (AvgIpc) is 2.84. The smallest absolute Gasteiger partial charge is 0.409 e. The first-order chi connectivity index (χ1) is 9.69. The standard InChI is InChI=1S/C13H15N3O4/c17-12(9-14-19)15-11-3-1-10(2-4-11)5-6-16-7-8-20-13(16)18/h1-4H,5-9H2,(H,15,17). The molecule has 7 nitrogen and oxygen atoms in total. The van der Waals surface area contributed by atoms with Gasteiger partial charge in [0.2, 0.25) is 5.91 Å². The Kier molecular flexibility index (Phi) is 4.65. The van der Waals surface area contributed by atoms with E-state index in [9.17, 15) is 14.5 Å². The summed E-state index contributed by atoms with van der Waals surface area (Å²) in [6, 6.07) is 7.23. The van der Waals surface area contributed by atoms with Crippen LogP contribution < -0.4 is 5.32 Å². The summed E-state index contributed by atoms with van der Waals surface area (Å²) in [4.78, 5) is 34.0. The largest absolute Gasteiger partial charge is 0.448 e. The third-order valence-corrected chi connectivity index (χ3v) is 2.96. The fourth-order valence-electron chi connectivity index (χ4n) is 1.91. The van der Waals surface area contributed by atoms with Gasteiger partial charge in [0.25, 0.3) is 0 Å². The van der Waals surface area contributed by atoms with Crippen molar-refractivity contribution < 1.29 is 14.3 Å². The van der Waals surface area contributed by atoms with Gasteiger partial charge in [0.15, 0.2) is 6.54 Å². The van der Waals surface area contributed by atoms with Crippen LogP contribution in [0.4, 0.5) is 10.5 Å². The van der Waals surface area contributed by atoms with Gasteiger partial charge in [0.05, 0.1) is 6.54 Å². The highest BCUT2D eigenvalue weighted by molar-refractivity contribution is 5.92. The van der Waals surface area contributed by atoms with Crippen LogP contribution in [0.25, 0.3) is 0 Å². The Hall–Kier alpha value is -2.44. The predicted octanol–water partition coefficient (Wildman–Crippen LogP) is 1.39. The maximum Gasteiger partial charge on any atom is 0.409 e. The van der Waals surface area contributed by atoms with E-state index in [0.29, 0.717) is 25.4 Å². The second-order valence-corrected chi connectivity index (χ2v) is 4.38. The van der Waals surface area contributed by atoms with Gasteiger partial charge in [0.1, 0.15) is 6.61 Å². The van der Waals surface area contributed by atoms with Crippen LogP contribution in [-0.2, 0) is 16.0 Å². The summed E-state index contributed by atoms with van der Waals surface area (Å²) in [7, 11) is 0. The molecule has 1 aliphatic rings. The molecule has 1 saturated heterocycles. The summed E-state index contributed by atoms with van der Waals surface area (Å²) < 4.78 is 4.84. The van der Waals surface area contributed by atoms with Gasteiger partial charge in [-0.2, -0.15) is 4.91 Å². The molecule has 0 aromatic heterocycles. The number of cyclic esters (lactones) is 1.